The van der Waals surface area contributed by atoms with Crippen LogP contribution >= 0.6 is 0 Å². The van der Waals surface area contributed by atoms with E-state index in [0.29, 0.717) is 12.3 Å². The summed E-state index contributed by atoms with van der Waals surface area (Å²) in [5, 5.41) is 11.0. The largest absolute Gasteiger partial charge is 0.496 e. The van der Waals surface area contributed by atoms with Crippen LogP contribution in [-0.2, 0) is 13.0 Å². The third-order valence-electron chi connectivity index (χ3n) is 6.38. The second-order valence-corrected chi connectivity index (χ2v) is 9.07. The smallest absolute Gasteiger partial charge is 0.142 e. The molecule has 0 atom stereocenters. The lowest BCUT2D eigenvalue weighted by molar-refractivity contribution is 0.393. The summed E-state index contributed by atoms with van der Waals surface area (Å²) in [5.41, 5.74) is 7.74. The molecule has 0 fully saturated rings. The zero-order valence-corrected chi connectivity index (χ0v) is 20.8. The van der Waals surface area contributed by atoms with Crippen molar-refractivity contribution < 1.29 is 9.26 Å². The number of hydrogen-bond donors (Lipinski definition) is 1. The molecule has 1 aromatic carbocycles. The first kappa shape index (κ1) is 22.1. The average Bonchev–Trinajstić information content (AvgIpc) is 3.47. The molecular formula is C26H30N6O2. The van der Waals surface area contributed by atoms with E-state index in [-0.39, 0.29) is 0 Å². The standard InChI is InChI=1S/C26H30N6O2/c1-8-32-17(9-20(30-32)13(2)3)10-22-25-18-12-23(33-7)19(24-14(4)31-34-15(24)5)11-21(18)29-26(25)28-16(6)27-22/h9,11-13H,8,10H2,1-7H3,(H,27,28,29). The van der Waals surface area contributed by atoms with Crippen LogP contribution in [-0.4, -0.2) is 37.0 Å². The fourth-order valence-corrected chi connectivity index (χ4v) is 4.73. The van der Waals surface area contributed by atoms with Gasteiger partial charge in [-0.1, -0.05) is 19.0 Å². The van der Waals surface area contributed by atoms with Gasteiger partial charge in [0.15, 0.2) is 0 Å². The van der Waals surface area contributed by atoms with Crippen molar-refractivity contribution >= 4 is 21.9 Å². The number of fused-ring (bicyclic) bond motifs is 3. The molecule has 5 rings (SSSR count). The first-order chi connectivity index (χ1) is 16.3. The van der Waals surface area contributed by atoms with Gasteiger partial charge < -0.3 is 14.2 Å². The van der Waals surface area contributed by atoms with E-state index in [1.807, 2.05) is 20.8 Å². The number of aromatic amines is 1. The van der Waals surface area contributed by atoms with Gasteiger partial charge in [0.2, 0.25) is 0 Å². The summed E-state index contributed by atoms with van der Waals surface area (Å²) in [6.45, 7) is 13.1. The first-order valence-corrected chi connectivity index (χ1v) is 11.7. The molecule has 8 heteroatoms. The van der Waals surface area contributed by atoms with Gasteiger partial charge in [-0.2, -0.15) is 5.10 Å². The van der Waals surface area contributed by atoms with Crippen LogP contribution in [0.1, 0.15) is 61.0 Å². The molecule has 0 saturated heterocycles. The normalized spacial score (nSPS) is 11.9. The van der Waals surface area contributed by atoms with Crippen molar-refractivity contribution in [1.29, 1.82) is 0 Å². The molecule has 1 N–H and O–H groups in total. The van der Waals surface area contributed by atoms with E-state index in [1.54, 1.807) is 7.11 Å². The van der Waals surface area contributed by atoms with E-state index in [4.69, 9.17) is 24.3 Å². The molecule has 176 valence electrons. The van der Waals surface area contributed by atoms with Gasteiger partial charge in [-0.15, -0.1) is 0 Å². The van der Waals surface area contributed by atoms with Crippen molar-refractivity contribution in [2.75, 3.05) is 7.11 Å². The Morgan fingerprint density at radius 3 is 2.56 bits per heavy atom. The lowest BCUT2D eigenvalue weighted by atomic mass is 10.00. The molecule has 0 aliphatic carbocycles. The van der Waals surface area contributed by atoms with Crippen LogP contribution in [0.4, 0.5) is 0 Å². The minimum atomic E-state index is 0.374. The lowest BCUT2D eigenvalue weighted by Gasteiger charge is -2.10. The molecule has 8 nitrogen and oxygen atoms in total. The van der Waals surface area contributed by atoms with Gasteiger partial charge in [-0.05, 0) is 51.8 Å². The van der Waals surface area contributed by atoms with E-state index in [0.717, 1.165) is 79.7 Å². The average molecular weight is 459 g/mol. The van der Waals surface area contributed by atoms with Crippen molar-refractivity contribution in [2.24, 2.45) is 0 Å². The fraction of sp³-hybridized carbons (Fsp3) is 0.385. The van der Waals surface area contributed by atoms with Gasteiger partial charge in [0.05, 0.1) is 29.8 Å². The van der Waals surface area contributed by atoms with Crippen LogP contribution in [0.2, 0.25) is 0 Å². The first-order valence-electron chi connectivity index (χ1n) is 11.7. The molecule has 0 radical (unpaired) electrons. The summed E-state index contributed by atoms with van der Waals surface area (Å²) < 4.78 is 13.3. The summed E-state index contributed by atoms with van der Waals surface area (Å²) in [6, 6.07) is 6.35. The summed E-state index contributed by atoms with van der Waals surface area (Å²) in [5.74, 6) is 2.63. The Morgan fingerprint density at radius 1 is 1.12 bits per heavy atom. The highest BCUT2D eigenvalue weighted by Gasteiger charge is 2.21. The van der Waals surface area contributed by atoms with E-state index >= 15 is 0 Å². The molecule has 34 heavy (non-hydrogen) atoms. The SMILES string of the molecule is CCn1nc(C(C)C)cc1Cc1nc(C)nc2[nH]c3cc(-c4c(C)noc4C)c(OC)cc3c12. The zero-order chi connectivity index (χ0) is 24.1. The number of H-pyrrole nitrogens is 1. The van der Waals surface area contributed by atoms with Crippen LogP contribution < -0.4 is 4.74 Å². The summed E-state index contributed by atoms with van der Waals surface area (Å²) in [6.07, 6.45) is 0.675. The maximum Gasteiger partial charge on any atom is 0.142 e. The fourth-order valence-electron chi connectivity index (χ4n) is 4.73. The van der Waals surface area contributed by atoms with Crippen molar-refractivity contribution in [3.05, 3.63) is 52.6 Å². The zero-order valence-electron chi connectivity index (χ0n) is 20.8. The lowest BCUT2D eigenvalue weighted by Crippen LogP contribution is -2.06. The van der Waals surface area contributed by atoms with Crippen LogP contribution in [0.5, 0.6) is 5.75 Å². The molecule has 0 aliphatic rings. The molecular weight excluding hydrogens is 428 g/mol. The molecule has 0 aliphatic heterocycles. The number of methoxy groups -OCH3 is 1. The van der Waals surface area contributed by atoms with E-state index in [9.17, 15) is 0 Å². The van der Waals surface area contributed by atoms with E-state index in [2.05, 4.69) is 53.8 Å². The van der Waals surface area contributed by atoms with Gasteiger partial charge in [0, 0.05) is 40.5 Å². The summed E-state index contributed by atoms with van der Waals surface area (Å²) in [7, 11) is 1.69. The molecule has 4 heterocycles. The van der Waals surface area contributed by atoms with Crippen molar-refractivity contribution in [3.8, 4) is 16.9 Å². The molecule has 0 spiro atoms. The maximum absolute atomic E-state index is 5.82. The third-order valence-corrected chi connectivity index (χ3v) is 6.38. The number of rotatable bonds is 6. The molecule has 0 unspecified atom stereocenters. The van der Waals surface area contributed by atoms with Gasteiger partial charge in [-0.25, -0.2) is 9.97 Å². The third kappa shape index (κ3) is 3.54. The van der Waals surface area contributed by atoms with Gasteiger partial charge in [0.25, 0.3) is 0 Å². The number of ether oxygens (including phenoxy) is 1. The Morgan fingerprint density at radius 2 is 1.91 bits per heavy atom. The van der Waals surface area contributed by atoms with Crippen molar-refractivity contribution in [3.63, 3.8) is 0 Å². The molecule has 4 aromatic heterocycles. The highest BCUT2D eigenvalue weighted by Crippen LogP contribution is 2.40. The predicted molar refractivity (Wildman–Crippen MR) is 132 cm³/mol. The highest BCUT2D eigenvalue weighted by atomic mass is 16.5. The second-order valence-electron chi connectivity index (χ2n) is 9.07. The number of nitrogens with zero attached hydrogens (tertiary/aromatic N) is 5. The van der Waals surface area contributed by atoms with Crippen LogP contribution in [0.3, 0.4) is 0 Å². The van der Waals surface area contributed by atoms with Crippen molar-refractivity contribution in [2.45, 2.75) is 60.4 Å². The van der Waals surface area contributed by atoms with Crippen LogP contribution in [0, 0.1) is 20.8 Å². The molecule has 5 aromatic rings. The van der Waals surface area contributed by atoms with Crippen LogP contribution in [0.25, 0.3) is 33.1 Å². The minimum Gasteiger partial charge on any atom is -0.496 e. The Bertz CT molecular complexity index is 1500. The van der Waals surface area contributed by atoms with Gasteiger partial charge in [0.1, 0.15) is 23.0 Å². The molecule has 0 amide bonds. The summed E-state index contributed by atoms with van der Waals surface area (Å²) in [4.78, 5) is 13.1. The van der Waals surface area contributed by atoms with Crippen LogP contribution in [0.15, 0.2) is 22.7 Å². The highest BCUT2D eigenvalue weighted by molar-refractivity contribution is 6.09. The maximum atomic E-state index is 5.82. The topological polar surface area (TPSA) is 94.7 Å². The van der Waals surface area contributed by atoms with Crippen molar-refractivity contribution in [1.82, 2.24) is 29.9 Å². The predicted octanol–water partition coefficient (Wildman–Crippen LogP) is 5.63. The van der Waals surface area contributed by atoms with Gasteiger partial charge in [-0.3, -0.25) is 4.68 Å². The summed E-state index contributed by atoms with van der Waals surface area (Å²) >= 11 is 0. The molecule has 0 saturated carbocycles. The Kier molecular flexibility index (Phi) is 5.38. The number of nitrogens with one attached hydrogen (secondary N) is 1. The van der Waals surface area contributed by atoms with E-state index in [1.165, 1.54) is 0 Å². The minimum absolute atomic E-state index is 0.374. The quantitative estimate of drug-likeness (QED) is 0.354. The number of aromatic nitrogens is 6. The molecule has 0 bridgehead atoms. The number of hydrogen-bond acceptors (Lipinski definition) is 6. The Labute approximate surface area is 198 Å². The monoisotopic (exact) mass is 458 g/mol. The Balaban J connectivity index is 1.72. The van der Waals surface area contributed by atoms with E-state index < -0.39 is 0 Å². The number of benzene rings is 1. The number of aryl methyl sites for hydroxylation is 4. The Hall–Kier alpha value is -3.68. The van der Waals surface area contributed by atoms with Gasteiger partial charge >= 0.3 is 0 Å². The second kappa shape index (κ2) is 8.27.